The summed E-state index contributed by atoms with van der Waals surface area (Å²) in [7, 11) is -4.81. The highest BCUT2D eigenvalue weighted by Crippen LogP contribution is 2.41. The normalized spacial score (nSPS) is 12.9. The first-order valence-corrected chi connectivity index (χ1v) is 12.6. The summed E-state index contributed by atoms with van der Waals surface area (Å²) in [6.07, 6.45) is -8.06. The Morgan fingerprint density at radius 1 is 0.971 bits per heavy atom. The molecule has 0 amide bonds. The fraction of sp³-hybridized carbons (Fsp3) is 0.500. The largest absolute Gasteiger partial charge is 0.416 e. The van der Waals surface area contributed by atoms with Gasteiger partial charge in [0.1, 0.15) is 0 Å². The molecule has 4 nitrogen and oxygen atoms in total. The number of rotatable bonds is 9. The Hall–Kier alpha value is -2.27. The third-order valence-electron chi connectivity index (χ3n) is 5.71. The van der Waals surface area contributed by atoms with Gasteiger partial charge in [0.05, 0.1) is 21.7 Å². The number of alkyl halides is 6. The average Bonchev–Trinajstić information content (AvgIpc) is 2.72. The fourth-order valence-corrected chi connectivity index (χ4v) is 5.28. The number of aliphatic hydroxyl groups is 1. The molecule has 0 spiro atoms. The number of aliphatic hydroxyl groups excluding tert-OH is 1. The summed E-state index contributed by atoms with van der Waals surface area (Å²) in [6.45, 7) is 6.26. The van der Waals surface area contributed by atoms with Gasteiger partial charge in [0, 0.05) is 6.61 Å². The van der Waals surface area contributed by atoms with Gasteiger partial charge in [0.25, 0.3) is 10.0 Å². The number of hydrogen-bond donors (Lipinski definition) is 2. The van der Waals surface area contributed by atoms with E-state index in [1.807, 2.05) is 0 Å². The quantitative estimate of drug-likeness (QED) is 0.279. The summed E-state index contributed by atoms with van der Waals surface area (Å²) in [4.78, 5) is -1.08. The minimum absolute atomic E-state index is 0.0335. The van der Waals surface area contributed by atoms with Crippen LogP contribution in [-0.2, 0) is 35.2 Å². The van der Waals surface area contributed by atoms with Crippen LogP contribution in [0.15, 0.2) is 29.2 Å². The highest BCUT2D eigenvalue weighted by Gasteiger charge is 2.40. The van der Waals surface area contributed by atoms with Crippen LogP contribution in [0.25, 0.3) is 0 Å². The van der Waals surface area contributed by atoms with Gasteiger partial charge in [0.2, 0.25) is 0 Å². The molecule has 2 N–H and O–H groups in total. The van der Waals surface area contributed by atoms with Crippen molar-refractivity contribution in [2.75, 3.05) is 11.3 Å². The Morgan fingerprint density at radius 2 is 1.60 bits per heavy atom. The Bertz CT molecular complexity index is 1160. The van der Waals surface area contributed by atoms with Gasteiger partial charge in [-0.1, -0.05) is 32.9 Å². The number of unbranched alkanes of at least 4 members (excludes halogenated alkanes) is 1. The Labute approximate surface area is 201 Å². The molecule has 0 aliphatic carbocycles. The van der Waals surface area contributed by atoms with E-state index in [1.54, 1.807) is 32.9 Å². The average molecular weight is 526 g/mol. The second kappa shape index (κ2) is 10.8. The van der Waals surface area contributed by atoms with Crippen LogP contribution in [0.2, 0.25) is 0 Å². The monoisotopic (exact) mass is 525 g/mol. The summed E-state index contributed by atoms with van der Waals surface area (Å²) >= 11 is 0. The van der Waals surface area contributed by atoms with E-state index in [0.717, 1.165) is 12.5 Å². The van der Waals surface area contributed by atoms with Gasteiger partial charge in [-0.25, -0.2) is 8.42 Å². The highest BCUT2D eigenvalue weighted by atomic mass is 32.2. The van der Waals surface area contributed by atoms with Gasteiger partial charge in [-0.05, 0) is 72.9 Å². The molecule has 0 bridgehead atoms. The van der Waals surface area contributed by atoms with Gasteiger partial charge in [-0.15, -0.1) is 0 Å². The predicted molar refractivity (Wildman–Crippen MR) is 122 cm³/mol. The molecule has 0 saturated carbocycles. The van der Waals surface area contributed by atoms with Gasteiger partial charge >= 0.3 is 12.4 Å². The molecule has 0 unspecified atom stereocenters. The van der Waals surface area contributed by atoms with E-state index < -0.39 is 44.0 Å². The van der Waals surface area contributed by atoms with Crippen molar-refractivity contribution in [3.8, 4) is 0 Å². The van der Waals surface area contributed by atoms with Crippen molar-refractivity contribution < 1.29 is 39.9 Å². The van der Waals surface area contributed by atoms with Crippen molar-refractivity contribution in [2.45, 2.75) is 76.5 Å². The van der Waals surface area contributed by atoms with E-state index in [9.17, 15) is 34.8 Å². The van der Waals surface area contributed by atoms with Crippen molar-refractivity contribution in [2.24, 2.45) is 0 Å². The first-order chi connectivity index (χ1) is 16.0. The Kier molecular flexibility index (Phi) is 8.92. The van der Waals surface area contributed by atoms with E-state index in [0.29, 0.717) is 36.8 Å². The standard InChI is InChI=1S/C24H29F6NO3S/c1-5-17-10-16(8-6-7-9-32)11-19(14(2)3)22(17)31-35(33,34)21-13-18(23(25,26)27)12-20(15(21)4)24(28,29)30/h10-14,31-32H,5-9H2,1-4H3. The van der Waals surface area contributed by atoms with Crippen molar-refractivity contribution in [1.29, 1.82) is 0 Å². The highest BCUT2D eigenvalue weighted by molar-refractivity contribution is 7.92. The van der Waals surface area contributed by atoms with Crippen LogP contribution in [0.5, 0.6) is 0 Å². The smallest absolute Gasteiger partial charge is 0.396 e. The van der Waals surface area contributed by atoms with Crippen molar-refractivity contribution in [3.05, 3.63) is 57.6 Å². The molecule has 0 aromatic heterocycles. The van der Waals surface area contributed by atoms with Crippen LogP contribution < -0.4 is 4.72 Å². The molecule has 0 atom stereocenters. The molecule has 0 fully saturated rings. The minimum atomic E-state index is -5.18. The number of sulfonamides is 1. The SMILES string of the molecule is CCc1cc(CCCCO)cc(C(C)C)c1NS(=O)(=O)c1cc(C(F)(F)F)cc(C(F)(F)F)c1C. The molecule has 2 aromatic carbocycles. The number of benzene rings is 2. The second-order valence-corrected chi connectivity index (χ2v) is 10.3. The zero-order chi connectivity index (χ0) is 26.8. The molecule has 0 aliphatic rings. The summed E-state index contributed by atoms with van der Waals surface area (Å²) in [5, 5.41) is 9.01. The third kappa shape index (κ3) is 6.91. The number of nitrogens with one attached hydrogen (secondary N) is 1. The summed E-state index contributed by atoms with van der Waals surface area (Å²) in [6, 6.07) is 3.70. The molecule has 35 heavy (non-hydrogen) atoms. The number of hydrogen-bond acceptors (Lipinski definition) is 3. The summed E-state index contributed by atoms with van der Waals surface area (Å²) in [5.41, 5.74) is -1.98. The van der Waals surface area contributed by atoms with Crippen LogP contribution in [0.1, 0.15) is 72.9 Å². The maximum atomic E-state index is 13.5. The van der Waals surface area contributed by atoms with Crippen LogP contribution in [0.4, 0.5) is 32.0 Å². The molecule has 196 valence electrons. The van der Waals surface area contributed by atoms with Crippen LogP contribution in [0, 0.1) is 6.92 Å². The molecule has 2 rings (SSSR count). The lowest BCUT2D eigenvalue weighted by Crippen LogP contribution is -2.21. The third-order valence-corrected chi connectivity index (χ3v) is 7.18. The maximum Gasteiger partial charge on any atom is 0.416 e. The van der Waals surface area contributed by atoms with Crippen molar-refractivity contribution in [1.82, 2.24) is 0 Å². The molecular weight excluding hydrogens is 496 g/mol. The maximum absolute atomic E-state index is 13.5. The van der Waals surface area contributed by atoms with Crippen molar-refractivity contribution in [3.63, 3.8) is 0 Å². The molecule has 0 radical (unpaired) electrons. The number of anilines is 1. The van der Waals surface area contributed by atoms with E-state index in [2.05, 4.69) is 4.72 Å². The lowest BCUT2D eigenvalue weighted by atomic mass is 9.92. The minimum Gasteiger partial charge on any atom is -0.396 e. The lowest BCUT2D eigenvalue weighted by molar-refractivity contribution is -0.143. The summed E-state index contributed by atoms with van der Waals surface area (Å²) < 4.78 is 109. The van der Waals surface area contributed by atoms with Gasteiger partial charge in [-0.3, -0.25) is 4.72 Å². The molecule has 0 aliphatic heterocycles. The van der Waals surface area contributed by atoms with E-state index in [1.165, 1.54) is 0 Å². The zero-order valence-electron chi connectivity index (χ0n) is 19.9. The van der Waals surface area contributed by atoms with Gasteiger partial charge in [0.15, 0.2) is 0 Å². The van der Waals surface area contributed by atoms with E-state index in [4.69, 9.17) is 5.11 Å². The number of aryl methyl sites for hydroxylation is 2. The topological polar surface area (TPSA) is 66.4 Å². The Morgan fingerprint density at radius 3 is 2.09 bits per heavy atom. The lowest BCUT2D eigenvalue weighted by Gasteiger charge is -2.22. The summed E-state index contributed by atoms with van der Waals surface area (Å²) in [5.74, 6) is -0.191. The van der Waals surface area contributed by atoms with Crippen LogP contribution in [0.3, 0.4) is 0 Å². The first kappa shape index (κ1) is 29.0. The van der Waals surface area contributed by atoms with Crippen LogP contribution >= 0.6 is 0 Å². The van der Waals surface area contributed by atoms with Crippen LogP contribution in [-0.4, -0.2) is 20.1 Å². The van der Waals surface area contributed by atoms with Gasteiger partial charge in [-0.2, -0.15) is 26.3 Å². The zero-order valence-corrected chi connectivity index (χ0v) is 20.7. The molecular formula is C24H29F6NO3S. The number of halogens is 6. The second-order valence-electron chi connectivity index (χ2n) is 8.66. The molecule has 11 heteroatoms. The first-order valence-electron chi connectivity index (χ1n) is 11.1. The molecule has 0 heterocycles. The molecule has 0 saturated heterocycles. The Balaban J connectivity index is 2.69. The predicted octanol–water partition coefficient (Wildman–Crippen LogP) is 6.83. The van der Waals surface area contributed by atoms with E-state index in [-0.39, 0.29) is 30.3 Å². The molecule has 2 aromatic rings. The van der Waals surface area contributed by atoms with E-state index >= 15 is 0 Å². The fourth-order valence-electron chi connectivity index (χ4n) is 3.85. The van der Waals surface area contributed by atoms with Gasteiger partial charge < -0.3 is 5.11 Å². The van der Waals surface area contributed by atoms with Crippen molar-refractivity contribution >= 4 is 15.7 Å².